The van der Waals surface area contributed by atoms with Crippen molar-refractivity contribution in [3.05, 3.63) is 0 Å². The van der Waals surface area contributed by atoms with Crippen molar-refractivity contribution in [2.45, 2.75) is 35.5 Å². The molecule has 0 aromatic carbocycles. The van der Waals surface area contributed by atoms with Crippen LogP contribution in [-0.4, -0.2) is 34.6 Å². The van der Waals surface area contributed by atoms with E-state index >= 15 is 0 Å². The molecular formula is C10H16O2S2. The first kappa shape index (κ1) is 9.82. The summed E-state index contributed by atoms with van der Waals surface area (Å²) in [6.07, 6.45) is 4.74. The zero-order chi connectivity index (χ0) is 9.49. The lowest BCUT2D eigenvalue weighted by Gasteiger charge is -2.40. The van der Waals surface area contributed by atoms with Crippen molar-refractivity contribution in [3.63, 3.8) is 0 Å². The molecule has 3 fully saturated rings. The lowest BCUT2D eigenvalue weighted by molar-refractivity contribution is -0.176. The predicted octanol–water partition coefficient (Wildman–Crippen LogP) is 2.48. The zero-order valence-corrected chi connectivity index (χ0v) is 9.92. The fourth-order valence-corrected chi connectivity index (χ4v) is 5.81. The highest BCUT2D eigenvalue weighted by molar-refractivity contribution is 8.21. The van der Waals surface area contributed by atoms with Crippen molar-refractivity contribution in [1.82, 2.24) is 0 Å². The first-order chi connectivity index (χ1) is 6.83. The average molecular weight is 232 g/mol. The van der Waals surface area contributed by atoms with Crippen LogP contribution in [-0.2, 0) is 9.47 Å². The van der Waals surface area contributed by atoms with Gasteiger partial charge >= 0.3 is 0 Å². The topological polar surface area (TPSA) is 18.5 Å². The minimum Gasteiger partial charge on any atom is -0.348 e. The van der Waals surface area contributed by atoms with Crippen LogP contribution >= 0.6 is 23.5 Å². The third-order valence-corrected chi connectivity index (χ3v) is 7.05. The molecule has 3 rings (SSSR count). The molecule has 2 aliphatic heterocycles. The number of thioether (sulfide) groups is 2. The molecule has 1 saturated carbocycles. The average Bonchev–Trinajstić information content (AvgIpc) is 2.81. The van der Waals surface area contributed by atoms with Gasteiger partial charge in [0.15, 0.2) is 5.79 Å². The Morgan fingerprint density at radius 3 is 1.93 bits per heavy atom. The quantitative estimate of drug-likeness (QED) is 0.638. The first-order valence-electron chi connectivity index (χ1n) is 5.39. The second kappa shape index (κ2) is 3.58. The maximum atomic E-state index is 5.74. The van der Waals surface area contributed by atoms with Gasteiger partial charge in [-0.1, -0.05) is 0 Å². The van der Waals surface area contributed by atoms with E-state index in [1.165, 1.54) is 24.3 Å². The van der Waals surface area contributed by atoms with E-state index in [1.807, 2.05) is 0 Å². The Kier molecular flexibility index (Phi) is 2.51. The molecule has 0 aromatic rings. The Bertz CT molecular complexity index is 184. The summed E-state index contributed by atoms with van der Waals surface area (Å²) in [6, 6.07) is 0. The molecule has 14 heavy (non-hydrogen) atoms. The Morgan fingerprint density at radius 1 is 0.786 bits per heavy atom. The molecule has 0 amide bonds. The molecule has 2 nitrogen and oxygen atoms in total. The lowest BCUT2D eigenvalue weighted by Crippen LogP contribution is -2.39. The fraction of sp³-hybridized carbons (Fsp3) is 1.00. The zero-order valence-electron chi connectivity index (χ0n) is 8.29. The van der Waals surface area contributed by atoms with Crippen LogP contribution in [0, 0.1) is 0 Å². The van der Waals surface area contributed by atoms with E-state index in [0.717, 1.165) is 26.1 Å². The van der Waals surface area contributed by atoms with Crippen LogP contribution in [0.4, 0.5) is 0 Å². The van der Waals surface area contributed by atoms with Crippen molar-refractivity contribution in [3.8, 4) is 0 Å². The van der Waals surface area contributed by atoms with Gasteiger partial charge in [-0.25, -0.2) is 0 Å². The molecule has 0 N–H and O–H groups in total. The van der Waals surface area contributed by atoms with Gasteiger partial charge in [0.2, 0.25) is 0 Å². The highest BCUT2D eigenvalue weighted by atomic mass is 32.2. The van der Waals surface area contributed by atoms with Crippen molar-refractivity contribution in [2.75, 3.05) is 24.7 Å². The van der Waals surface area contributed by atoms with Gasteiger partial charge in [-0.15, -0.1) is 23.5 Å². The van der Waals surface area contributed by atoms with Crippen molar-refractivity contribution in [1.29, 1.82) is 0 Å². The Hall–Kier alpha value is 0.620. The van der Waals surface area contributed by atoms with E-state index in [-0.39, 0.29) is 5.79 Å². The fourth-order valence-electron chi connectivity index (χ4n) is 2.58. The van der Waals surface area contributed by atoms with Gasteiger partial charge in [0.25, 0.3) is 0 Å². The smallest absolute Gasteiger partial charge is 0.168 e. The summed E-state index contributed by atoms with van der Waals surface area (Å²) in [5, 5.41) is 0. The van der Waals surface area contributed by atoms with Crippen molar-refractivity contribution in [2.24, 2.45) is 0 Å². The molecule has 3 aliphatic rings. The molecular weight excluding hydrogens is 216 g/mol. The molecule has 0 unspecified atom stereocenters. The highest BCUT2D eigenvalue weighted by Crippen LogP contribution is 2.55. The lowest BCUT2D eigenvalue weighted by atomic mass is 9.93. The molecule has 2 heterocycles. The van der Waals surface area contributed by atoms with Gasteiger partial charge in [-0.3, -0.25) is 0 Å². The standard InChI is InChI=1S/C10H16O2S2/c1-3-10(13-7-8-14-10)4-2-9(1)11-5-6-12-9/h1-8H2. The van der Waals surface area contributed by atoms with Crippen LogP contribution in [0.25, 0.3) is 0 Å². The van der Waals surface area contributed by atoms with Gasteiger partial charge in [0.05, 0.1) is 17.3 Å². The summed E-state index contributed by atoms with van der Waals surface area (Å²) < 4.78 is 12.0. The molecule has 0 aromatic heterocycles. The van der Waals surface area contributed by atoms with Gasteiger partial charge in [-0.2, -0.15) is 0 Å². The van der Waals surface area contributed by atoms with Gasteiger partial charge in [-0.05, 0) is 12.8 Å². The summed E-state index contributed by atoms with van der Waals surface area (Å²) >= 11 is 4.32. The molecule has 2 saturated heterocycles. The molecule has 1 aliphatic carbocycles. The maximum absolute atomic E-state index is 5.74. The third kappa shape index (κ3) is 1.60. The molecule has 4 heteroatoms. The third-order valence-electron chi connectivity index (χ3n) is 3.40. The molecule has 80 valence electrons. The normalized spacial score (nSPS) is 34.3. The SMILES string of the molecule is C1COC2(CCC3(CC2)SCCS3)O1. The Morgan fingerprint density at radius 2 is 1.36 bits per heavy atom. The largest absolute Gasteiger partial charge is 0.348 e. The Balaban J connectivity index is 1.66. The van der Waals surface area contributed by atoms with Crippen LogP contribution in [0.2, 0.25) is 0 Å². The van der Waals surface area contributed by atoms with Crippen LogP contribution < -0.4 is 0 Å². The summed E-state index contributed by atoms with van der Waals surface area (Å²) in [6.45, 7) is 1.60. The van der Waals surface area contributed by atoms with E-state index in [9.17, 15) is 0 Å². The summed E-state index contributed by atoms with van der Waals surface area (Å²) in [5.41, 5.74) is 0. The molecule has 0 radical (unpaired) electrons. The van der Waals surface area contributed by atoms with Crippen molar-refractivity contribution >= 4 is 23.5 Å². The predicted molar refractivity (Wildman–Crippen MR) is 60.8 cm³/mol. The number of hydrogen-bond acceptors (Lipinski definition) is 4. The number of hydrogen-bond donors (Lipinski definition) is 0. The number of rotatable bonds is 0. The maximum Gasteiger partial charge on any atom is 0.168 e. The minimum atomic E-state index is -0.172. The molecule has 0 atom stereocenters. The van der Waals surface area contributed by atoms with Crippen LogP contribution in [0.1, 0.15) is 25.7 Å². The van der Waals surface area contributed by atoms with Crippen LogP contribution in [0.15, 0.2) is 0 Å². The molecule has 0 bridgehead atoms. The minimum absolute atomic E-state index is 0.172. The summed E-state index contributed by atoms with van der Waals surface area (Å²) in [5.74, 6) is 2.49. The first-order valence-corrected chi connectivity index (χ1v) is 7.36. The second-order valence-electron chi connectivity index (χ2n) is 4.22. The van der Waals surface area contributed by atoms with Crippen LogP contribution in [0.5, 0.6) is 0 Å². The van der Waals surface area contributed by atoms with E-state index in [1.54, 1.807) is 0 Å². The highest BCUT2D eigenvalue weighted by Gasteiger charge is 2.48. The van der Waals surface area contributed by atoms with E-state index in [4.69, 9.17) is 9.47 Å². The van der Waals surface area contributed by atoms with Gasteiger partial charge in [0, 0.05) is 24.3 Å². The monoisotopic (exact) mass is 232 g/mol. The van der Waals surface area contributed by atoms with E-state index in [0.29, 0.717) is 4.08 Å². The summed E-state index contributed by atoms with van der Waals surface area (Å²) in [4.78, 5) is 0. The second-order valence-corrected chi connectivity index (χ2v) is 7.43. The van der Waals surface area contributed by atoms with E-state index in [2.05, 4.69) is 23.5 Å². The number of ether oxygens (including phenoxy) is 2. The van der Waals surface area contributed by atoms with Crippen LogP contribution in [0.3, 0.4) is 0 Å². The van der Waals surface area contributed by atoms with Crippen molar-refractivity contribution < 1.29 is 9.47 Å². The van der Waals surface area contributed by atoms with Gasteiger partial charge < -0.3 is 9.47 Å². The van der Waals surface area contributed by atoms with Gasteiger partial charge in [0.1, 0.15) is 0 Å². The van der Waals surface area contributed by atoms with E-state index < -0.39 is 0 Å². The molecule has 2 spiro atoms. The Labute approximate surface area is 93.5 Å². The summed E-state index contributed by atoms with van der Waals surface area (Å²) in [7, 11) is 0.